The highest BCUT2D eigenvalue weighted by Gasteiger charge is 2.06. The topological polar surface area (TPSA) is 69.1 Å². The molecule has 19 heavy (non-hydrogen) atoms. The van der Waals surface area contributed by atoms with Crippen LogP contribution in [0, 0.1) is 0 Å². The molecule has 0 bridgehead atoms. The van der Waals surface area contributed by atoms with Gasteiger partial charge in [-0.1, -0.05) is 6.07 Å². The second kappa shape index (κ2) is 4.66. The van der Waals surface area contributed by atoms with Gasteiger partial charge in [-0.05, 0) is 30.3 Å². The molecule has 4 nitrogen and oxygen atoms in total. The first-order chi connectivity index (χ1) is 9.28. The average Bonchev–Trinajstić information content (AvgIpc) is 2.47. The van der Waals surface area contributed by atoms with Crippen molar-refractivity contribution in [2.24, 2.45) is 5.73 Å². The van der Waals surface area contributed by atoms with Gasteiger partial charge in [0, 0.05) is 17.8 Å². The zero-order valence-electron chi connectivity index (χ0n) is 10.2. The molecule has 0 saturated heterocycles. The first-order valence-electron chi connectivity index (χ1n) is 5.96. The van der Waals surface area contributed by atoms with Crippen LogP contribution in [0.5, 0.6) is 0 Å². The van der Waals surface area contributed by atoms with Crippen molar-refractivity contribution in [2.45, 2.75) is 6.54 Å². The number of fused-ring (bicyclic) bond motifs is 1. The molecular weight excluding hydrogens is 240 g/mol. The first-order valence-corrected chi connectivity index (χ1v) is 5.96. The Labute approximate surface area is 109 Å². The van der Waals surface area contributed by atoms with Crippen molar-refractivity contribution >= 4 is 11.0 Å². The van der Waals surface area contributed by atoms with E-state index in [1.54, 1.807) is 18.3 Å². The van der Waals surface area contributed by atoms with Crippen LogP contribution in [0.2, 0.25) is 0 Å². The van der Waals surface area contributed by atoms with Crippen LogP contribution in [0.1, 0.15) is 5.76 Å². The molecule has 0 spiro atoms. The molecule has 0 aliphatic rings. The van der Waals surface area contributed by atoms with E-state index in [0.717, 1.165) is 11.3 Å². The number of nitrogens with zero attached hydrogens (tertiary/aromatic N) is 1. The Bertz CT molecular complexity index is 779. The third-order valence-corrected chi connectivity index (χ3v) is 2.94. The normalized spacial score (nSPS) is 10.8. The van der Waals surface area contributed by atoms with Gasteiger partial charge < -0.3 is 10.2 Å². The Kier molecular flexibility index (Phi) is 2.85. The summed E-state index contributed by atoms with van der Waals surface area (Å²) in [6, 6.07) is 12.6. The molecule has 0 atom stereocenters. The van der Waals surface area contributed by atoms with E-state index < -0.39 is 0 Å². The van der Waals surface area contributed by atoms with Crippen LogP contribution in [-0.4, -0.2) is 4.98 Å². The Morgan fingerprint density at radius 3 is 2.79 bits per heavy atom. The standard InChI is InChI=1S/C15H12N2O2/c16-9-11-8-14(18)12-7-10(4-5-15(12)19-11)13-3-1-2-6-17-13/h1-8H,9,16H2. The quantitative estimate of drug-likeness (QED) is 0.759. The van der Waals surface area contributed by atoms with Gasteiger partial charge in [0.05, 0.1) is 17.6 Å². The van der Waals surface area contributed by atoms with Gasteiger partial charge in [-0.3, -0.25) is 9.78 Å². The molecule has 3 rings (SSSR count). The number of nitrogens with two attached hydrogens (primary N) is 1. The van der Waals surface area contributed by atoms with Crippen LogP contribution in [0.25, 0.3) is 22.2 Å². The lowest BCUT2D eigenvalue weighted by Gasteiger charge is -2.03. The molecule has 0 amide bonds. The predicted molar refractivity (Wildman–Crippen MR) is 73.6 cm³/mol. The fourth-order valence-corrected chi connectivity index (χ4v) is 2.00. The Morgan fingerprint density at radius 1 is 1.16 bits per heavy atom. The van der Waals surface area contributed by atoms with Gasteiger partial charge in [0.25, 0.3) is 0 Å². The molecule has 3 aromatic rings. The fraction of sp³-hybridized carbons (Fsp3) is 0.0667. The molecule has 2 heterocycles. The summed E-state index contributed by atoms with van der Waals surface area (Å²) < 4.78 is 5.54. The van der Waals surface area contributed by atoms with Gasteiger partial charge in [0.15, 0.2) is 5.43 Å². The van der Waals surface area contributed by atoms with Crippen molar-refractivity contribution in [2.75, 3.05) is 0 Å². The lowest BCUT2D eigenvalue weighted by atomic mass is 10.1. The number of benzene rings is 1. The molecule has 4 heteroatoms. The summed E-state index contributed by atoms with van der Waals surface area (Å²) in [6.07, 6.45) is 1.72. The zero-order valence-corrected chi connectivity index (χ0v) is 10.2. The highest BCUT2D eigenvalue weighted by atomic mass is 16.3. The van der Waals surface area contributed by atoms with Crippen molar-refractivity contribution < 1.29 is 4.42 Å². The van der Waals surface area contributed by atoms with Gasteiger partial charge >= 0.3 is 0 Å². The van der Waals surface area contributed by atoms with Crippen LogP contribution < -0.4 is 11.2 Å². The van der Waals surface area contributed by atoms with Gasteiger partial charge in [0.1, 0.15) is 11.3 Å². The Morgan fingerprint density at radius 2 is 2.05 bits per heavy atom. The summed E-state index contributed by atoms with van der Waals surface area (Å²) in [4.78, 5) is 16.3. The Balaban J connectivity index is 2.22. The second-order valence-electron chi connectivity index (χ2n) is 4.21. The van der Waals surface area contributed by atoms with E-state index in [-0.39, 0.29) is 12.0 Å². The number of pyridine rings is 1. The maximum absolute atomic E-state index is 12.0. The molecule has 1 aromatic carbocycles. The van der Waals surface area contributed by atoms with E-state index in [2.05, 4.69) is 4.98 Å². The molecule has 2 N–H and O–H groups in total. The lowest BCUT2D eigenvalue weighted by molar-refractivity contribution is 0.539. The molecular formula is C15H12N2O2. The molecule has 0 aliphatic carbocycles. The zero-order chi connectivity index (χ0) is 13.2. The average molecular weight is 252 g/mol. The maximum atomic E-state index is 12.0. The van der Waals surface area contributed by atoms with Crippen molar-refractivity contribution in [3.05, 3.63) is 64.6 Å². The number of aromatic nitrogens is 1. The van der Waals surface area contributed by atoms with Crippen molar-refractivity contribution in [1.29, 1.82) is 0 Å². The molecule has 94 valence electrons. The summed E-state index contributed by atoms with van der Waals surface area (Å²) in [5.41, 5.74) is 7.67. The smallest absolute Gasteiger partial charge is 0.193 e. The number of hydrogen-bond acceptors (Lipinski definition) is 4. The predicted octanol–water partition coefficient (Wildman–Crippen LogP) is 2.31. The SMILES string of the molecule is NCc1cc(=O)c2cc(-c3ccccn3)ccc2o1. The summed E-state index contributed by atoms with van der Waals surface area (Å²) >= 11 is 0. The third kappa shape index (κ3) is 2.13. The van der Waals surface area contributed by atoms with E-state index in [1.165, 1.54) is 6.07 Å². The summed E-state index contributed by atoms with van der Waals surface area (Å²) in [5, 5.41) is 0.542. The minimum atomic E-state index is -0.0838. The molecule has 0 saturated carbocycles. The van der Waals surface area contributed by atoms with Gasteiger partial charge in [0.2, 0.25) is 0 Å². The van der Waals surface area contributed by atoms with Crippen LogP contribution >= 0.6 is 0 Å². The molecule has 0 radical (unpaired) electrons. The van der Waals surface area contributed by atoms with Crippen LogP contribution in [0.4, 0.5) is 0 Å². The van der Waals surface area contributed by atoms with Crippen molar-refractivity contribution in [3.63, 3.8) is 0 Å². The minimum absolute atomic E-state index is 0.0838. The monoisotopic (exact) mass is 252 g/mol. The van der Waals surface area contributed by atoms with Crippen molar-refractivity contribution in [3.8, 4) is 11.3 Å². The third-order valence-electron chi connectivity index (χ3n) is 2.94. The van der Waals surface area contributed by atoms with E-state index in [0.29, 0.717) is 16.7 Å². The van der Waals surface area contributed by atoms with Gasteiger partial charge in [-0.15, -0.1) is 0 Å². The first kappa shape index (κ1) is 11.6. The van der Waals surface area contributed by atoms with E-state index >= 15 is 0 Å². The van der Waals surface area contributed by atoms with Crippen LogP contribution in [0.15, 0.2) is 57.9 Å². The number of rotatable bonds is 2. The molecule has 0 fully saturated rings. The molecule has 0 unspecified atom stereocenters. The second-order valence-corrected chi connectivity index (χ2v) is 4.21. The maximum Gasteiger partial charge on any atom is 0.193 e. The molecule has 2 aromatic heterocycles. The summed E-state index contributed by atoms with van der Waals surface area (Å²) in [6.45, 7) is 0.215. The highest BCUT2D eigenvalue weighted by Crippen LogP contribution is 2.21. The van der Waals surface area contributed by atoms with E-state index in [1.807, 2.05) is 24.3 Å². The highest BCUT2D eigenvalue weighted by molar-refractivity contribution is 5.82. The van der Waals surface area contributed by atoms with Crippen LogP contribution in [-0.2, 0) is 6.54 Å². The largest absolute Gasteiger partial charge is 0.459 e. The van der Waals surface area contributed by atoms with Gasteiger partial charge in [-0.2, -0.15) is 0 Å². The molecule has 0 aliphatic heterocycles. The lowest BCUT2D eigenvalue weighted by Crippen LogP contribution is -2.05. The van der Waals surface area contributed by atoms with Crippen LogP contribution in [0.3, 0.4) is 0 Å². The van der Waals surface area contributed by atoms with E-state index in [9.17, 15) is 4.79 Å². The number of hydrogen-bond donors (Lipinski definition) is 1. The van der Waals surface area contributed by atoms with E-state index in [4.69, 9.17) is 10.2 Å². The fourth-order valence-electron chi connectivity index (χ4n) is 2.00. The van der Waals surface area contributed by atoms with Gasteiger partial charge in [-0.25, -0.2) is 0 Å². The summed E-state index contributed by atoms with van der Waals surface area (Å²) in [5.74, 6) is 0.489. The Hall–Kier alpha value is -2.46. The summed E-state index contributed by atoms with van der Waals surface area (Å²) in [7, 11) is 0. The van der Waals surface area contributed by atoms with Crippen molar-refractivity contribution in [1.82, 2.24) is 4.98 Å². The minimum Gasteiger partial charge on any atom is -0.459 e.